The number of carbonyl (C=O) groups excluding carboxylic acids is 1. The van der Waals surface area contributed by atoms with Gasteiger partial charge < -0.3 is 5.32 Å². The molecular formula is C17H31NOS. The van der Waals surface area contributed by atoms with Crippen molar-refractivity contribution >= 4 is 17.7 Å². The number of thioether (sulfide) groups is 1. The van der Waals surface area contributed by atoms with Crippen LogP contribution in [0.15, 0.2) is 0 Å². The van der Waals surface area contributed by atoms with Crippen LogP contribution in [0.1, 0.15) is 71.1 Å². The van der Waals surface area contributed by atoms with Gasteiger partial charge in [-0.25, -0.2) is 0 Å². The third-order valence-electron chi connectivity index (χ3n) is 5.29. The zero-order valence-corrected chi connectivity index (χ0v) is 14.0. The molecule has 3 heteroatoms. The highest BCUT2D eigenvalue weighted by Crippen LogP contribution is 2.32. The van der Waals surface area contributed by atoms with Crippen LogP contribution in [0.4, 0.5) is 0 Å². The van der Waals surface area contributed by atoms with Crippen LogP contribution in [0.5, 0.6) is 0 Å². The van der Waals surface area contributed by atoms with E-state index >= 15 is 0 Å². The zero-order valence-electron chi connectivity index (χ0n) is 13.2. The molecule has 0 radical (unpaired) electrons. The molecule has 1 N–H and O–H groups in total. The molecule has 1 amide bonds. The van der Waals surface area contributed by atoms with Crippen LogP contribution >= 0.6 is 11.8 Å². The van der Waals surface area contributed by atoms with Gasteiger partial charge in [-0.15, -0.1) is 0 Å². The number of carbonyl (C=O) groups is 1. The molecule has 116 valence electrons. The van der Waals surface area contributed by atoms with Gasteiger partial charge in [0.05, 0.1) is 0 Å². The molecule has 2 rings (SSSR count). The highest BCUT2D eigenvalue weighted by molar-refractivity contribution is 7.99. The summed E-state index contributed by atoms with van der Waals surface area (Å²) in [6, 6.07) is 0.437. The molecule has 0 aromatic rings. The standard InChI is InChI=1S/C17H31NOS/c1-13(14-7-4-3-5-8-14)11-17(19)18-15-9-6-10-16(12-15)20-2/h13-16H,3-12H2,1-2H3,(H,18,19)/t13-,15-,16-/m1/s1. The number of hydrogen-bond donors (Lipinski definition) is 1. The molecule has 0 heterocycles. The average molecular weight is 298 g/mol. The van der Waals surface area contributed by atoms with Crippen molar-refractivity contribution < 1.29 is 4.79 Å². The first kappa shape index (κ1) is 16.2. The van der Waals surface area contributed by atoms with Crippen molar-refractivity contribution in [3.8, 4) is 0 Å². The minimum atomic E-state index is 0.301. The second kappa shape index (κ2) is 8.31. The first-order valence-corrected chi connectivity index (χ1v) is 9.80. The molecule has 0 bridgehead atoms. The maximum atomic E-state index is 12.2. The van der Waals surface area contributed by atoms with Crippen LogP contribution in [-0.2, 0) is 4.79 Å². The summed E-state index contributed by atoms with van der Waals surface area (Å²) in [4.78, 5) is 12.2. The molecule has 0 unspecified atom stereocenters. The van der Waals surface area contributed by atoms with Crippen molar-refractivity contribution in [3.05, 3.63) is 0 Å². The van der Waals surface area contributed by atoms with E-state index in [1.807, 2.05) is 11.8 Å². The second-order valence-electron chi connectivity index (χ2n) is 6.87. The van der Waals surface area contributed by atoms with Crippen molar-refractivity contribution in [1.29, 1.82) is 0 Å². The van der Waals surface area contributed by atoms with E-state index in [4.69, 9.17) is 0 Å². The van der Waals surface area contributed by atoms with E-state index in [1.165, 1.54) is 57.8 Å². The summed E-state index contributed by atoms with van der Waals surface area (Å²) in [5, 5.41) is 4.06. The Morgan fingerprint density at radius 3 is 2.60 bits per heavy atom. The van der Waals surface area contributed by atoms with Gasteiger partial charge in [-0.3, -0.25) is 4.79 Å². The van der Waals surface area contributed by atoms with Crippen molar-refractivity contribution in [3.63, 3.8) is 0 Å². The molecule has 0 spiro atoms. The summed E-state index contributed by atoms with van der Waals surface area (Å²) < 4.78 is 0. The van der Waals surface area contributed by atoms with Crippen LogP contribution in [0.2, 0.25) is 0 Å². The van der Waals surface area contributed by atoms with Gasteiger partial charge in [0, 0.05) is 17.7 Å². The topological polar surface area (TPSA) is 29.1 Å². The molecule has 2 aliphatic carbocycles. The highest BCUT2D eigenvalue weighted by Gasteiger charge is 2.25. The smallest absolute Gasteiger partial charge is 0.220 e. The van der Waals surface area contributed by atoms with E-state index in [1.54, 1.807) is 0 Å². The van der Waals surface area contributed by atoms with Gasteiger partial charge in [0.1, 0.15) is 0 Å². The lowest BCUT2D eigenvalue weighted by Crippen LogP contribution is -2.40. The molecule has 0 aromatic carbocycles. The maximum absolute atomic E-state index is 12.2. The quantitative estimate of drug-likeness (QED) is 0.815. The van der Waals surface area contributed by atoms with E-state index in [9.17, 15) is 4.79 Å². The molecule has 2 aliphatic rings. The van der Waals surface area contributed by atoms with E-state index in [-0.39, 0.29) is 0 Å². The number of rotatable bonds is 5. The van der Waals surface area contributed by atoms with Crippen LogP contribution in [0.3, 0.4) is 0 Å². The highest BCUT2D eigenvalue weighted by atomic mass is 32.2. The molecular weight excluding hydrogens is 266 g/mol. The van der Waals surface area contributed by atoms with E-state index in [0.717, 1.165) is 17.6 Å². The Morgan fingerprint density at radius 1 is 1.15 bits per heavy atom. The van der Waals surface area contributed by atoms with Crippen molar-refractivity contribution in [1.82, 2.24) is 5.32 Å². The fourth-order valence-corrected chi connectivity index (χ4v) is 4.77. The zero-order chi connectivity index (χ0) is 14.4. The Balaban J connectivity index is 1.71. The Morgan fingerprint density at radius 2 is 1.90 bits per heavy atom. The van der Waals surface area contributed by atoms with E-state index < -0.39 is 0 Å². The fraction of sp³-hybridized carbons (Fsp3) is 0.941. The second-order valence-corrected chi connectivity index (χ2v) is 8.01. The molecule has 2 fully saturated rings. The molecule has 0 aromatic heterocycles. The number of nitrogens with one attached hydrogen (secondary N) is 1. The third-order valence-corrected chi connectivity index (χ3v) is 6.38. The maximum Gasteiger partial charge on any atom is 0.220 e. The summed E-state index contributed by atoms with van der Waals surface area (Å²) in [6.45, 7) is 2.28. The summed E-state index contributed by atoms with van der Waals surface area (Å²) >= 11 is 1.96. The normalized spacial score (nSPS) is 29.9. The van der Waals surface area contributed by atoms with Crippen LogP contribution in [0.25, 0.3) is 0 Å². The predicted molar refractivity (Wildman–Crippen MR) is 88.1 cm³/mol. The van der Waals surface area contributed by atoms with Gasteiger partial charge in [-0.05, 0) is 37.4 Å². The average Bonchev–Trinajstić information content (AvgIpc) is 2.48. The minimum Gasteiger partial charge on any atom is -0.353 e. The fourth-order valence-electron chi connectivity index (χ4n) is 3.94. The Hall–Kier alpha value is -0.180. The van der Waals surface area contributed by atoms with Crippen molar-refractivity contribution in [2.24, 2.45) is 11.8 Å². The number of amides is 1. The Labute approximate surface area is 128 Å². The van der Waals surface area contributed by atoms with Crippen LogP contribution in [-0.4, -0.2) is 23.5 Å². The Kier molecular flexibility index (Phi) is 6.73. The van der Waals surface area contributed by atoms with Gasteiger partial charge in [0.25, 0.3) is 0 Å². The monoisotopic (exact) mass is 297 g/mol. The van der Waals surface area contributed by atoms with Gasteiger partial charge >= 0.3 is 0 Å². The SMILES string of the molecule is CS[C@@H]1CCC[C@@H](NC(=O)C[C@@H](C)C2CCCCC2)C1. The molecule has 0 saturated heterocycles. The summed E-state index contributed by atoms with van der Waals surface area (Å²) in [5.41, 5.74) is 0. The predicted octanol–water partition coefficient (Wildman–Crippen LogP) is 4.38. The lowest BCUT2D eigenvalue weighted by atomic mass is 9.79. The lowest BCUT2D eigenvalue weighted by Gasteiger charge is -2.30. The van der Waals surface area contributed by atoms with Crippen molar-refractivity contribution in [2.45, 2.75) is 82.4 Å². The summed E-state index contributed by atoms with van der Waals surface area (Å²) in [7, 11) is 0. The number of hydrogen-bond acceptors (Lipinski definition) is 2. The third kappa shape index (κ3) is 4.98. The van der Waals surface area contributed by atoms with Gasteiger partial charge in [-0.2, -0.15) is 11.8 Å². The molecule has 2 nitrogen and oxygen atoms in total. The van der Waals surface area contributed by atoms with Gasteiger partial charge in [0.15, 0.2) is 0 Å². The summed E-state index contributed by atoms with van der Waals surface area (Å²) in [5.74, 6) is 1.66. The largest absolute Gasteiger partial charge is 0.353 e. The van der Waals surface area contributed by atoms with Crippen LogP contribution < -0.4 is 5.32 Å². The molecule has 3 atom stereocenters. The first-order chi connectivity index (χ1) is 9.69. The lowest BCUT2D eigenvalue weighted by molar-refractivity contribution is -0.123. The molecule has 0 aliphatic heterocycles. The van der Waals surface area contributed by atoms with Gasteiger partial charge in [-0.1, -0.05) is 45.4 Å². The van der Waals surface area contributed by atoms with E-state index in [0.29, 0.717) is 17.9 Å². The Bertz CT molecular complexity index is 295. The molecule has 2 saturated carbocycles. The van der Waals surface area contributed by atoms with Crippen molar-refractivity contribution in [2.75, 3.05) is 6.26 Å². The minimum absolute atomic E-state index is 0.301. The van der Waals surface area contributed by atoms with Gasteiger partial charge in [0.2, 0.25) is 5.91 Å². The summed E-state index contributed by atoms with van der Waals surface area (Å²) in [6.07, 6.45) is 14.7. The van der Waals surface area contributed by atoms with E-state index in [2.05, 4.69) is 18.5 Å². The first-order valence-electron chi connectivity index (χ1n) is 8.51. The molecule has 20 heavy (non-hydrogen) atoms. The van der Waals surface area contributed by atoms with Crippen LogP contribution in [0, 0.1) is 11.8 Å².